The Balaban J connectivity index is 1.64. The Labute approximate surface area is 141 Å². The monoisotopic (exact) mass is 350 g/mol. The topological polar surface area (TPSA) is 83.8 Å². The van der Waals surface area contributed by atoms with Gasteiger partial charge in [0.05, 0.1) is 0 Å². The van der Waals surface area contributed by atoms with Gasteiger partial charge in [0.25, 0.3) is 0 Å². The van der Waals surface area contributed by atoms with E-state index in [2.05, 4.69) is 6.92 Å². The predicted molar refractivity (Wildman–Crippen MR) is 88.7 cm³/mol. The normalized spacial score (nSPS) is 35.1. The lowest BCUT2D eigenvalue weighted by molar-refractivity contribution is -0.129. The minimum atomic E-state index is -4.52. The summed E-state index contributed by atoms with van der Waals surface area (Å²) in [6.45, 7) is 2.16. The van der Waals surface area contributed by atoms with Gasteiger partial charge in [0.1, 0.15) is 11.5 Å². The lowest BCUT2D eigenvalue weighted by atomic mass is 9.55. The molecule has 0 amide bonds. The zero-order valence-electron chi connectivity index (χ0n) is 13.8. The van der Waals surface area contributed by atoms with Crippen LogP contribution in [0.2, 0.25) is 0 Å². The van der Waals surface area contributed by atoms with Crippen molar-refractivity contribution in [3.63, 3.8) is 0 Å². The van der Waals surface area contributed by atoms with Gasteiger partial charge in [0.2, 0.25) is 0 Å². The number of aryl methyl sites for hydroxylation is 1. The molecular weight excluding hydrogens is 327 g/mol. The molecule has 0 unspecified atom stereocenters. The van der Waals surface area contributed by atoms with Crippen molar-refractivity contribution >= 4 is 13.6 Å². The first-order chi connectivity index (χ1) is 11.3. The highest BCUT2D eigenvalue weighted by atomic mass is 31.2. The number of ketones is 1. The van der Waals surface area contributed by atoms with Gasteiger partial charge in [-0.25, -0.2) is 4.57 Å². The first kappa shape index (κ1) is 16.3. The smallest absolute Gasteiger partial charge is 0.404 e. The van der Waals surface area contributed by atoms with Crippen LogP contribution in [0.4, 0.5) is 0 Å². The lowest BCUT2D eigenvalue weighted by Crippen LogP contribution is -2.42. The molecule has 24 heavy (non-hydrogen) atoms. The molecule has 0 aliphatic heterocycles. The third-order valence-corrected chi connectivity index (χ3v) is 7.08. The summed E-state index contributed by atoms with van der Waals surface area (Å²) in [5.41, 5.74) is 2.29. The summed E-state index contributed by atoms with van der Waals surface area (Å²) in [5.74, 6) is 2.18. The highest BCUT2D eigenvalue weighted by Gasteiger charge is 2.54. The minimum Gasteiger partial charge on any atom is -0.404 e. The van der Waals surface area contributed by atoms with E-state index in [-0.39, 0.29) is 11.2 Å². The number of phosphoric ester groups is 1. The Hall–Kier alpha value is -1.16. The van der Waals surface area contributed by atoms with Gasteiger partial charge in [0, 0.05) is 11.8 Å². The molecule has 130 valence electrons. The van der Waals surface area contributed by atoms with Crippen LogP contribution in [0.25, 0.3) is 0 Å². The maximum atomic E-state index is 12.3. The number of carbonyl (C=O) groups excluding carboxylic acids is 1. The zero-order chi connectivity index (χ0) is 17.1. The van der Waals surface area contributed by atoms with Crippen LogP contribution in [0.15, 0.2) is 18.2 Å². The number of benzene rings is 1. The van der Waals surface area contributed by atoms with Crippen LogP contribution in [0, 0.1) is 17.3 Å². The molecule has 0 bridgehead atoms. The quantitative estimate of drug-likeness (QED) is 0.797. The third kappa shape index (κ3) is 2.54. The Morgan fingerprint density at radius 3 is 2.75 bits per heavy atom. The van der Waals surface area contributed by atoms with Gasteiger partial charge in [-0.2, -0.15) is 0 Å². The molecule has 0 spiro atoms. The fraction of sp³-hybridized carbons (Fsp3) is 0.611. The molecule has 1 aromatic rings. The van der Waals surface area contributed by atoms with E-state index in [4.69, 9.17) is 14.3 Å². The highest BCUT2D eigenvalue weighted by Crippen LogP contribution is 2.59. The van der Waals surface area contributed by atoms with E-state index in [0.29, 0.717) is 23.5 Å². The largest absolute Gasteiger partial charge is 0.524 e. The van der Waals surface area contributed by atoms with Crippen molar-refractivity contribution in [3.05, 3.63) is 29.3 Å². The number of carbonyl (C=O) groups is 1. The van der Waals surface area contributed by atoms with Crippen molar-refractivity contribution in [2.75, 3.05) is 0 Å². The Kier molecular flexibility index (Phi) is 3.68. The number of fused-ring (bicyclic) bond motifs is 5. The summed E-state index contributed by atoms with van der Waals surface area (Å²) in [6, 6.07) is 5.41. The van der Waals surface area contributed by atoms with Gasteiger partial charge in [-0.3, -0.25) is 14.6 Å². The second-order valence-corrected chi connectivity index (χ2v) is 8.94. The number of rotatable bonds is 2. The van der Waals surface area contributed by atoms with Gasteiger partial charge in [-0.05, 0) is 73.1 Å². The van der Waals surface area contributed by atoms with Crippen LogP contribution in [-0.2, 0) is 15.8 Å². The van der Waals surface area contributed by atoms with E-state index in [1.807, 2.05) is 6.07 Å². The van der Waals surface area contributed by atoms with Gasteiger partial charge >= 0.3 is 7.82 Å². The summed E-state index contributed by atoms with van der Waals surface area (Å²) in [5, 5.41) is 0. The average molecular weight is 350 g/mol. The average Bonchev–Trinajstić information content (AvgIpc) is 2.81. The minimum absolute atomic E-state index is 0.123. The first-order valence-corrected chi connectivity index (χ1v) is 10.2. The van der Waals surface area contributed by atoms with Crippen LogP contribution >= 0.6 is 7.82 Å². The second-order valence-electron chi connectivity index (χ2n) is 7.78. The van der Waals surface area contributed by atoms with Crippen molar-refractivity contribution in [2.45, 2.75) is 51.4 Å². The van der Waals surface area contributed by atoms with Crippen LogP contribution < -0.4 is 4.52 Å². The van der Waals surface area contributed by atoms with Gasteiger partial charge in [0.15, 0.2) is 0 Å². The molecule has 2 fully saturated rings. The van der Waals surface area contributed by atoms with E-state index in [0.717, 1.165) is 44.1 Å². The summed E-state index contributed by atoms with van der Waals surface area (Å²) in [4.78, 5) is 30.3. The van der Waals surface area contributed by atoms with E-state index >= 15 is 0 Å². The lowest BCUT2D eigenvalue weighted by Gasteiger charge is -2.48. The van der Waals surface area contributed by atoms with E-state index in [9.17, 15) is 9.36 Å². The highest BCUT2D eigenvalue weighted by molar-refractivity contribution is 7.46. The third-order valence-electron chi connectivity index (χ3n) is 6.63. The fourth-order valence-electron chi connectivity index (χ4n) is 5.52. The number of hydrogen-bond donors (Lipinski definition) is 2. The summed E-state index contributed by atoms with van der Waals surface area (Å²) in [7, 11) is -4.52. The molecular formula is C18H23O5P. The predicted octanol–water partition coefficient (Wildman–Crippen LogP) is 3.58. The molecule has 0 saturated heterocycles. The molecule has 0 aromatic heterocycles. The molecule has 4 rings (SSSR count). The van der Waals surface area contributed by atoms with E-state index in [1.165, 1.54) is 5.56 Å². The molecule has 1 aromatic carbocycles. The zero-order valence-corrected chi connectivity index (χ0v) is 14.7. The maximum Gasteiger partial charge on any atom is 0.524 e. The molecule has 2 saturated carbocycles. The van der Waals surface area contributed by atoms with Gasteiger partial charge in [-0.1, -0.05) is 13.0 Å². The van der Waals surface area contributed by atoms with E-state index in [1.54, 1.807) is 12.1 Å². The molecule has 4 atom stereocenters. The molecule has 3 aliphatic rings. The van der Waals surface area contributed by atoms with Gasteiger partial charge in [-0.15, -0.1) is 0 Å². The molecule has 6 heteroatoms. The number of hydrogen-bond acceptors (Lipinski definition) is 3. The van der Waals surface area contributed by atoms with Crippen molar-refractivity contribution < 1.29 is 23.7 Å². The standard InChI is InChI=1S/C18H23O5P/c1-18-9-8-14-13-5-3-12(23-24(20,21)22)10-11(13)2-4-15(14)16(18)6-7-17(18)19/h3,5,10,14-16H,2,4,6-9H2,1H3,(H2,20,21,22)/t14-,15-,16+,18+/m0/s1. The van der Waals surface area contributed by atoms with Crippen LogP contribution in [0.1, 0.15) is 56.1 Å². The first-order valence-electron chi connectivity index (χ1n) is 8.69. The number of phosphoric acid groups is 1. The van der Waals surface area contributed by atoms with Crippen molar-refractivity contribution in [1.82, 2.24) is 0 Å². The number of Topliss-reactive ketones (excluding diaryl/α,β-unsaturated/α-hetero) is 1. The van der Waals surface area contributed by atoms with Crippen LogP contribution in [-0.4, -0.2) is 15.6 Å². The molecule has 5 nitrogen and oxygen atoms in total. The molecule has 0 radical (unpaired) electrons. The summed E-state index contributed by atoms with van der Waals surface area (Å²) in [6.07, 6.45) is 5.66. The second kappa shape index (κ2) is 5.42. The van der Waals surface area contributed by atoms with Crippen LogP contribution in [0.3, 0.4) is 0 Å². The molecule has 0 heterocycles. The summed E-state index contributed by atoms with van der Waals surface area (Å²) >= 11 is 0. The Morgan fingerprint density at radius 2 is 2.00 bits per heavy atom. The molecule has 2 N–H and O–H groups in total. The van der Waals surface area contributed by atoms with Crippen LogP contribution in [0.5, 0.6) is 5.75 Å². The van der Waals surface area contributed by atoms with Gasteiger partial charge < -0.3 is 4.52 Å². The SMILES string of the molecule is C[C@@]12CC[C@H]3c4ccc(OP(=O)(O)O)cc4CC[C@@H]3[C@H]1CCC2=O. The fourth-order valence-corrected chi connectivity index (χ4v) is 5.91. The Bertz CT molecular complexity index is 739. The van der Waals surface area contributed by atoms with E-state index < -0.39 is 7.82 Å². The Morgan fingerprint density at radius 1 is 1.21 bits per heavy atom. The van der Waals surface area contributed by atoms with Crippen molar-refractivity contribution in [3.8, 4) is 5.75 Å². The van der Waals surface area contributed by atoms with Crippen molar-refractivity contribution in [2.24, 2.45) is 17.3 Å². The summed E-state index contributed by atoms with van der Waals surface area (Å²) < 4.78 is 15.8. The van der Waals surface area contributed by atoms with Crippen molar-refractivity contribution in [1.29, 1.82) is 0 Å². The molecule has 3 aliphatic carbocycles. The maximum absolute atomic E-state index is 12.3.